The predicted octanol–water partition coefficient (Wildman–Crippen LogP) is 2.27. The van der Waals surface area contributed by atoms with Crippen LogP contribution in [-0.4, -0.2) is 73.0 Å². The summed E-state index contributed by atoms with van der Waals surface area (Å²) in [7, 11) is 0. The molecule has 6 nitrogen and oxygen atoms in total. The number of piperazine rings is 1. The number of hydrogen-bond donors (Lipinski definition) is 2. The lowest BCUT2D eigenvalue weighted by molar-refractivity contribution is -0.123. The van der Waals surface area contributed by atoms with Crippen molar-refractivity contribution in [3.63, 3.8) is 0 Å². The van der Waals surface area contributed by atoms with E-state index in [0.29, 0.717) is 18.5 Å². The molecule has 28 heavy (non-hydrogen) atoms. The molecule has 0 spiro atoms. The van der Waals surface area contributed by atoms with Crippen molar-refractivity contribution < 1.29 is 4.79 Å². The normalized spacial score (nSPS) is 22.6. The summed E-state index contributed by atoms with van der Waals surface area (Å²) < 4.78 is 0. The molecule has 2 N–H and O–H groups in total. The van der Waals surface area contributed by atoms with E-state index in [0.717, 1.165) is 38.7 Å². The molecule has 1 amide bonds. The van der Waals surface area contributed by atoms with Gasteiger partial charge in [0.15, 0.2) is 5.96 Å². The van der Waals surface area contributed by atoms with Gasteiger partial charge in [0.05, 0.1) is 6.54 Å². The highest BCUT2D eigenvalue weighted by Gasteiger charge is 2.39. The summed E-state index contributed by atoms with van der Waals surface area (Å²) in [5.41, 5.74) is 1.41. The van der Waals surface area contributed by atoms with Crippen molar-refractivity contribution in [2.24, 2.45) is 4.99 Å². The standard InChI is InChI=1S/C21H33N5O.HI/c1-4-22-21(24-19-14-18(19)17-8-6-5-7-9-17)26-12-10-25(11-13-26)15-20(27)23-16(2)3;/h5-9,16,18-19H,4,10-15H2,1-3H3,(H,22,24)(H,23,27);1H. The number of nitrogens with zero attached hydrogens (tertiary/aromatic N) is 3. The number of aliphatic imine (C=N–C) groups is 1. The van der Waals surface area contributed by atoms with Gasteiger partial charge in [-0.2, -0.15) is 0 Å². The Labute approximate surface area is 186 Å². The van der Waals surface area contributed by atoms with E-state index >= 15 is 0 Å². The van der Waals surface area contributed by atoms with Crippen LogP contribution in [0.2, 0.25) is 0 Å². The average Bonchev–Trinajstić information content (AvgIpc) is 3.41. The lowest BCUT2D eigenvalue weighted by Gasteiger charge is -2.36. The first-order chi connectivity index (χ1) is 13.1. The molecule has 1 saturated heterocycles. The largest absolute Gasteiger partial charge is 0.353 e. The quantitative estimate of drug-likeness (QED) is 0.358. The predicted molar refractivity (Wildman–Crippen MR) is 125 cm³/mol. The number of hydrogen-bond acceptors (Lipinski definition) is 3. The maximum atomic E-state index is 12.0. The summed E-state index contributed by atoms with van der Waals surface area (Å²) in [4.78, 5) is 21.2. The highest BCUT2D eigenvalue weighted by atomic mass is 127. The van der Waals surface area contributed by atoms with Crippen molar-refractivity contribution >= 4 is 35.8 Å². The van der Waals surface area contributed by atoms with Crippen molar-refractivity contribution in [1.29, 1.82) is 0 Å². The molecule has 0 radical (unpaired) electrons. The number of guanidine groups is 1. The van der Waals surface area contributed by atoms with Gasteiger partial charge in [-0.15, -0.1) is 24.0 Å². The first-order valence-electron chi connectivity index (χ1n) is 10.2. The lowest BCUT2D eigenvalue weighted by atomic mass is 10.1. The van der Waals surface area contributed by atoms with Crippen molar-refractivity contribution in [2.45, 2.75) is 45.2 Å². The van der Waals surface area contributed by atoms with E-state index in [1.807, 2.05) is 13.8 Å². The van der Waals surface area contributed by atoms with Gasteiger partial charge in [-0.05, 0) is 32.8 Å². The van der Waals surface area contributed by atoms with Gasteiger partial charge in [0.2, 0.25) is 5.91 Å². The number of carbonyl (C=O) groups excluding carboxylic acids is 1. The van der Waals surface area contributed by atoms with Crippen LogP contribution in [0.1, 0.15) is 38.7 Å². The molecule has 1 aromatic carbocycles. The van der Waals surface area contributed by atoms with E-state index in [4.69, 9.17) is 4.99 Å². The SMILES string of the molecule is CCN=C(NC1CC1c1ccccc1)N1CCN(CC(=O)NC(C)C)CC1.I. The second kappa shape index (κ2) is 11.0. The third-order valence-corrected chi connectivity index (χ3v) is 5.13. The first-order valence-corrected chi connectivity index (χ1v) is 10.2. The zero-order valence-corrected chi connectivity index (χ0v) is 19.6. The molecule has 2 aliphatic rings. The van der Waals surface area contributed by atoms with Gasteiger partial charge in [-0.25, -0.2) is 0 Å². The van der Waals surface area contributed by atoms with Crippen molar-refractivity contribution in [3.8, 4) is 0 Å². The first kappa shape index (κ1) is 22.9. The average molecular weight is 499 g/mol. The number of rotatable bonds is 6. The molecular formula is C21H34IN5O. The molecular weight excluding hydrogens is 465 g/mol. The van der Waals surface area contributed by atoms with Gasteiger partial charge in [0.1, 0.15) is 0 Å². The molecule has 156 valence electrons. The van der Waals surface area contributed by atoms with Gasteiger partial charge in [0.25, 0.3) is 0 Å². The van der Waals surface area contributed by atoms with Crippen molar-refractivity contribution in [2.75, 3.05) is 39.3 Å². The third kappa shape index (κ3) is 6.62. The Morgan fingerprint density at radius 2 is 1.86 bits per heavy atom. The minimum Gasteiger partial charge on any atom is -0.353 e. The Kier molecular flexibility index (Phi) is 9.01. The fourth-order valence-corrected chi connectivity index (χ4v) is 3.66. The van der Waals surface area contributed by atoms with Gasteiger partial charge in [-0.3, -0.25) is 14.7 Å². The number of benzene rings is 1. The number of carbonyl (C=O) groups is 1. The minimum absolute atomic E-state index is 0. The Morgan fingerprint density at radius 3 is 2.46 bits per heavy atom. The molecule has 1 saturated carbocycles. The number of halogens is 1. The minimum atomic E-state index is 0. The molecule has 0 bridgehead atoms. The number of nitrogens with one attached hydrogen (secondary N) is 2. The van der Waals surface area contributed by atoms with Crippen LogP contribution in [0.15, 0.2) is 35.3 Å². The fourth-order valence-electron chi connectivity index (χ4n) is 3.66. The molecule has 1 aromatic rings. The second-order valence-electron chi connectivity index (χ2n) is 7.79. The van der Waals surface area contributed by atoms with Gasteiger partial charge in [-0.1, -0.05) is 30.3 Å². The van der Waals surface area contributed by atoms with Gasteiger partial charge >= 0.3 is 0 Å². The van der Waals surface area contributed by atoms with Crippen LogP contribution in [0.25, 0.3) is 0 Å². The van der Waals surface area contributed by atoms with E-state index in [2.05, 4.69) is 57.7 Å². The Hall–Kier alpha value is -1.35. The fraction of sp³-hybridized carbons (Fsp3) is 0.619. The third-order valence-electron chi connectivity index (χ3n) is 5.13. The summed E-state index contributed by atoms with van der Waals surface area (Å²) in [6.07, 6.45) is 1.17. The molecule has 2 atom stereocenters. The van der Waals surface area contributed by atoms with E-state index in [1.54, 1.807) is 0 Å². The van der Waals surface area contributed by atoms with Gasteiger partial charge in [0, 0.05) is 50.7 Å². The molecule has 0 aromatic heterocycles. The summed E-state index contributed by atoms with van der Waals surface area (Å²) in [6, 6.07) is 11.4. The van der Waals surface area contributed by atoms with Crippen LogP contribution < -0.4 is 10.6 Å². The Bertz CT molecular complexity index is 643. The van der Waals surface area contributed by atoms with E-state index < -0.39 is 0 Å². The Balaban J connectivity index is 0.00000280. The Morgan fingerprint density at radius 1 is 1.18 bits per heavy atom. The molecule has 1 aliphatic heterocycles. The molecule has 3 rings (SSSR count). The van der Waals surface area contributed by atoms with Crippen LogP contribution >= 0.6 is 24.0 Å². The maximum absolute atomic E-state index is 12.0. The van der Waals surface area contributed by atoms with Crippen LogP contribution in [0, 0.1) is 0 Å². The zero-order valence-electron chi connectivity index (χ0n) is 17.2. The molecule has 2 fully saturated rings. The van der Waals surface area contributed by atoms with E-state index in [-0.39, 0.29) is 35.9 Å². The molecule has 2 unspecified atom stereocenters. The summed E-state index contributed by atoms with van der Waals surface area (Å²) in [5, 5.41) is 6.64. The zero-order chi connectivity index (χ0) is 19.2. The van der Waals surface area contributed by atoms with Crippen molar-refractivity contribution in [1.82, 2.24) is 20.4 Å². The lowest BCUT2D eigenvalue weighted by Crippen LogP contribution is -2.54. The summed E-state index contributed by atoms with van der Waals surface area (Å²) in [6.45, 7) is 10.9. The second-order valence-corrected chi connectivity index (χ2v) is 7.79. The van der Waals surface area contributed by atoms with Gasteiger partial charge < -0.3 is 15.5 Å². The number of amides is 1. The van der Waals surface area contributed by atoms with Crippen molar-refractivity contribution in [3.05, 3.63) is 35.9 Å². The highest BCUT2D eigenvalue weighted by Crippen LogP contribution is 2.40. The molecule has 1 heterocycles. The molecule has 7 heteroatoms. The smallest absolute Gasteiger partial charge is 0.234 e. The van der Waals surface area contributed by atoms with Crippen LogP contribution in [0.5, 0.6) is 0 Å². The highest BCUT2D eigenvalue weighted by molar-refractivity contribution is 14.0. The molecule has 1 aliphatic carbocycles. The summed E-state index contributed by atoms with van der Waals surface area (Å²) in [5.74, 6) is 1.73. The van der Waals surface area contributed by atoms with E-state index in [1.165, 1.54) is 12.0 Å². The summed E-state index contributed by atoms with van der Waals surface area (Å²) >= 11 is 0. The maximum Gasteiger partial charge on any atom is 0.234 e. The topological polar surface area (TPSA) is 60.0 Å². The monoisotopic (exact) mass is 499 g/mol. The van der Waals surface area contributed by atoms with E-state index in [9.17, 15) is 4.79 Å². The van der Waals surface area contributed by atoms with Crippen LogP contribution in [-0.2, 0) is 4.79 Å². The van der Waals surface area contributed by atoms with Crippen LogP contribution in [0.4, 0.5) is 0 Å². The van der Waals surface area contributed by atoms with Crippen LogP contribution in [0.3, 0.4) is 0 Å².